The number of aromatic nitrogens is 2. The van der Waals surface area contributed by atoms with Crippen molar-refractivity contribution in [2.24, 2.45) is 5.41 Å². The van der Waals surface area contributed by atoms with Crippen LogP contribution >= 0.6 is 0 Å². The number of amides is 1. The van der Waals surface area contributed by atoms with Crippen molar-refractivity contribution in [3.63, 3.8) is 0 Å². The van der Waals surface area contributed by atoms with E-state index in [9.17, 15) is 4.79 Å². The molecule has 0 radical (unpaired) electrons. The Hall–Kier alpha value is -1.49. The molecule has 2 rings (SSSR count). The van der Waals surface area contributed by atoms with Gasteiger partial charge < -0.3 is 10.4 Å². The van der Waals surface area contributed by atoms with E-state index in [1.54, 1.807) is 6.20 Å². The molecule has 1 aliphatic rings. The van der Waals surface area contributed by atoms with Gasteiger partial charge in [-0.05, 0) is 31.6 Å². The summed E-state index contributed by atoms with van der Waals surface area (Å²) in [5, 5.41) is 11.8. The molecule has 1 heterocycles. The Labute approximate surface area is 100 Å². The van der Waals surface area contributed by atoms with Gasteiger partial charge in [0.25, 0.3) is 5.91 Å². The SMILES string of the molecule is Cc1cnc(C(=O)NCC2(CCO)CC2)cn1. The van der Waals surface area contributed by atoms with Gasteiger partial charge in [0, 0.05) is 19.3 Å². The number of carbonyl (C=O) groups excluding carboxylic acids is 1. The maximum Gasteiger partial charge on any atom is 0.271 e. The van der Waals surface area contributed by atoms with Crippen LogP contribution in [0.4, 0.5) is 0 Å². The maximum absolute atomic E-state index is 11.8. The van der Waals surface area contributed by atoms with E-state index >= 15 is 0 Å². The first-order valence-electron chi connectivity index (χ1n) is 5.83. The van der Waals surface area contributed by atoms with Crippen LogP contribution in [0.3, 0.4) is 0 Å². The van der Waals surface area contributed by atoms with Crippen molar-refractivity contribution in [3.05, 3.63) is 23.8 Å². The molecular weight excluding hydrogens is 218 g/mol. The predicted octanol–water partition coefficient (Wildman–Crippen LogP) is 0.677. The smallest absolute Gasteiger partial charge is 0.271 e. The van der Waals surface area contributed by atoms with Gasteiger partial charge in [0.05, 0.1) is 11.9 Å². The Bertz CT molecular complexity index is 399. The zero-order valence-electron chi connectivity index (χ0n) is 9.94. The lowest BCUT2D eigenvalue weighted by Crippen LogP contribution is -2.31. The lowest BCUT2D eigenvalue weighted by atomic mass is 10.0. The molecule has 5 nitrogen and oxygen atoms in total. The summed E-state index contributed by atoms with van der Waals surface area (Å²) in [6, 6.07) is 0. The predicted molar refractivity (Wildman–Crippen MR) is 62.5 cm³/mol. The zero-order chi connectivity index (χ0) is 12.3. The standard InChI is InChI=1S/C12H17N3O2/c1-9-6-14-10(7-13-9)11(17)15-8-12(2-3-12)4-5-16/h6-7,16H,2-5,8H2,1H3,(H,15,17). The molecule has 0 unspecified atom stereocenters. The normalized spacial score (nSPS) is 16.6. The van der Waals surface area contributed by atoms with Crippen molar-refractivity contribution in [3.8, 4) is 0 Å². The highest BCUT2D eigenvalue weighted by Gasteiger charge is 2.41. The Morgan fingerprint density at radius 2 is 2.24 bits per heavy atom. The zero-order valence-corrected chi connectivity index (χ0v) is 9.94. The Kier molecular flexibility index (Phi) is 3.38. The fourth-order valence-corrected chi connectivity index (χ4v) is 1.80. The van der Waals surface area contributed by atoms with E-state index in [0.29, 0.717) is 12.2 Å². The summed E-state index contributed by atoms with van der Waals surface area (Å²) in [5.74, 6) is -0.193. The van der Waals surface area contributed by atoms with E-state index in [2.05, 4.69) is 15.3 Å². The lowest BCUT2D eigenvalue weighted by molar-refractivity contribution is 0.0935. The molecule has 1 aliphatic carbocycles. The van der Waals surface area contributed by atoms with E-state index in [1.807, 2.05) is 6.92 Å². The molecule has 1 fully saturated rings. The van der Waals surface area contributed by atoms with Crippen molar-refractivity contribution in [2.75, 3.05) is 13.2 Å². The number of carbonyl (C=O) groups is 1. The first-order valence-corrected chi connectivity index (χ1v) is 5.83. The lowest BCUT2D eigenvalue weighted by Gasteiger charge is -2.14. The number of aliphatic hydroxyl groups is 1. The Balaban J connectivity index is 1.87. The number of rotatable bonds is 5. The molecule has 2 N–H and O–H groups in total. The number of hydrogen-bond donors (Lipinski definition) is 2. The topological polar surface area (TPSA) is 75.1 Å². The van der Waals surface area contributed by atoms with E-state index in [-0.39, 0.29) is 17.9 Å². The van der Waals surface area contributed by atoms with Gasteiger partial charge in [0.15, 0.2) is 0 Å². The monoisotopic (exact) mass is 235 g/mol. The minimum atomic E-state index is -0.193. The first kappa shape index (κ1) is 12.0. The first-order chi connectivity index (χ1) is 8.15. The van der Waals surface area contributed by atoms with Crippen LogP contribution in [0.5, 0.6) is 0 Å². The molecule has 0 saturated heterocycles. The molecule has 0 spiro atoms. The average molecular weight is 235 g/mol. The molecule has 1 amide bonds. The fourth-order valence-electron chi connectivity index (χ4n) is 1.80. The number of aliphatic hydroxyl groups excluding tert-OH is 1. The third kappa shape index (κ3) is 3.00. The highest BCUT2D eigenvalue weighted by atomic mass is 16.3. The molecule has 0 atom stereocenters. The number of nitrogens with one attached hydrogen (secondary N) is 1. The Morgan fingerprint density at radius 3 is 2.76 bits per heavy atom. The summed E-state index contributed by atoms with van der Waals surface area (Å²) >= 11 is 0. The number of hydrogen-bond acceptors (Lipinski definition) is 4. The summed E-state index contributed by atoms with van der Waals surface area (Å²) < 4.78 is 0. The van der Waals surface area contributed by atoms with Crippen LogP contribution < -0.4 is 5.32 Å². The van der Waals surface area contributed by atoms with Gasteiger partial charge in [-0.15, -0.1) is 0 Å². The van der Waals surface area contributed by atoms with Crippen molar-refractivity contribution < 1.29 is 9.90 Å². The molecule has 1 aromatic heterocycles. The van der Waals surface area contributed by atoms with Gasteiger partial charge in [-0.25, -0.2) is 4.98 Å². The van der Waals surface area contributed by atoms with Gasteiger partial charge in [0.1, 0.15) is 5.69 Å². The quantitative estimate of drug-likeness (QED) is 0.787. The summed E-state index contributed by atoms with van der Waals surface area (Å²) in [4.78, 5) is 19.8. The highest BCUT2D eigenvalue weighted by molar-refractivity contribution is 5.91. The third-order valence-electron chi connectivity index (χ3n) is 3.24. The molecule has 0 aromatic carbocycles. The number of aryl methyl sites for hydroxylation is 1. The second-order valence-electron chi connectivity index (χ2n) is 4.70. The summed E-state index contributed by atoms with van der Waals surface area (Å²) in [7, 11) is 0. The van der Waals surface area contributed by atoms with Crippen LogP contribution in [-0.2, 0) is 0 Å². The van der Waals surface area contributed by atoms with Crippen LogP contribution in [0.15, 0.2) is 12.4 Å². The van der Waals surface area contributed by atoms with Crippen LogP contribution in [0.25, 0.3) is 0 Å². The maximum atomic E-state index is 11.8. The van der Waals surface area contributed by atoms with Gasteiger partial charge >= 0.3 is 0 Å². The largest absolute Gasteiger partial charge is 0.396 e. The van der Waals surface area contributed by atoms with E-state index < -0.39 is 0 Å². The van der Waals surface area contributed by atoms with E-state index in [4.69, 9.17) is 5.11 Å². The van der Waals surface area contributed by atoms with Crippen molar-refractivity contribution in [2.45, 2.75) is 26.2 Å². The van der Waals surface area contributed by atoms with Gasteiger partial charge in [0.2, 0.25) is 0 Å². The summed E-state index contributed by atoms with van der Waals surface area (Å²) in [5.41, 5.74) is 1.26. The van der Waals surface area contributed by atoms with Crippen molar-refractivity contribution >= 4 is 5.91 Å². The Morgan fingerprint density at radius 1 is 1.47 bits per heavy atom. The van der Waals surface area contributed by atoms with Crippen LogP contribution in [0.2, 0.25) is 0 Å². The fraction of sp³-hybridized carbons (Fsp3) is 0.583. The van der Waals surface area contributed by atoms with E-state index in [0.717, 1.165) is 25.0 Å². The van der Waals surface area contributed by atoms with Gasteiger partial charge in [-0.3, -0.25) is 9.78 Å². The van der Waals surface area contributed by atoms with Gasteiger partial charge in [-0.2, -0.15) is 0 Å². The minimum Gasteiger partial charge on any atom is -0.396 e. The van der Waals surface area contributed by atoms with E-state index in [1.165, 1.54) is 6.20 Å². The molecule has 1 saturated carbocycles. The molecule has 5 heteroatoms. The van der Waals surface area contributed by atoms with Crippen molar-refractivity contribution in [1.82, 2.24) is 15.3 Å². The minimum absolute atomic E-state index is 0.128. The average Bonchev–Trinajstić information content (AvgIpc) is 3.08. The molecule has 92 valence electrons. The summed E-state index contributed by atoms with van der Waals surface area (Å²) in [6.45, 7) is 2.62. The highest BCUT2D eigenvalue weighted by Crippen LogP contribution is 2.47. The second-order valence-corrected chi connectivity index (χ2v) is 4.70. The molecule has 0 bridgehead atoms. The van der Waals surface area contributed by atoms with Crippen LogP contribution in [-0.4, -0.2) is 34.1 Å². The van der Waals surface area contributed by atoms with Crippen LogP contribution in [0, 0.1) is 12.3 Å². The van der Waals surface area contributed by atoms with Crippen LogP contribution in [0.1, 0.15) is 35.4 Å². The number of nitrogens with zero attached hydrogens (tertiary/aromatic N) is 2. The van der Waals surface area contributed by atoms with Crippen molar-refractivity contribution in [1.29, 1.82) is 0 Å². The summed E-state index contributed by atoms with van der Waals surface area (Å²) in [6.07, 6.45) is 5.97. The molecule has 0 aliphatic heterocycles. The van der Waals surface area contributed by atoms with Gasteiger partial charge in [-0.1, -0.05) is 0 Å². The molecule has 17 heavy (non-hydrogen) atoms. The molecule has 1 aromatic rings. The molecular formula is C12H17N3O2. The third-order valence-corrected chi connectivity index (χ3v) is 3.24. The second kappa shape index (κ2) is 4.79.